The number of nitrogens with zero attached hydrogens (tertiary/aromatic N) is 3. The molecule has 3 rings (SSSR count). The molecule has 80 valence electrons. The first kappa shape index (κ1) is 10.3. The van der Waals surface area contributed by atoms with Gasteiger partial charge in [-0.05, 0) is 25.1 Å². The van der Waals surface area contributed by atoms with Gasteiger partial charge in [0.15, 0.2) is 12.0 Å². The highest BCUT2D eigenvalue weighted by Gasteiger charge is 1.91. The van der Waals surface area contributed by atoms with E-state index in [0.717, 1.165) is 16.9 Å². The average Bonchev–Trinajstić information content (AvgIpc) is 2.79. The Labute approximate surface area is 93.0 Å². The van der Waals surface area contributed by atoms with E-state index in [2.05, 4.69) is 15.0 Å². The molecule has 0 fully saturated rings. The lowest BCUT2D eigenvalue weighted by atomic mass is 10.3. The Kier molecular flexibility index (Phi) is 3.23. The van der Waals surface area contributed by atoms with E-state index in [1.165, 1.54) is 6.39 Å². The van der Waals surface area contributed by atoms with E-state index in [0.29, 0.717) is 0 Å². The molecule has 0 radical (unpaired) electrons. The summed E-state index contributed by atoms with van der Waals surface area (Å²) in [4.78, 5) is 11.7. The first-order chi connectivity index (χ1) is 7.86. The normalized spacial score (nSPS) is 9.56. The molecule has 0 aliphatic rings. The highest BCUT2D eigenvalue weighted by atomic mass is 16.3. The summed E-state index contributed by atoms with van der Waals surface area (Å²) in [5.41, 5.74) is 1.76. The Morgan fingerprint density at radius 1 is 0.938 bits per heavy atom. The summed E-state index contributed by atoms with van der Waals surface area (Å²) in [5, 5.41) is 0. The van der Waals surface area contributed by atoms with Crippen molar-refractivity contribution in [1.82, 2.24) is 15.0 Å². The maximum Gasteiger partial charge on any atom is 0.181 e. The SMILES string of the molecule is Cc1ncccn1.c1ccc2ocnc2c1. The van der Waals surface area contributed by atoms with Gasteiger partial charge in [0.2, 0.25) is 0 Å². The predicted molar refractivity (Wildman–Crippen MR) is 60.8 cm³/mol. The van der Waals surface area contributed by atoms with Crippen LogP contribution in [0.25, 0.3) is 11.1 Å². The Balaban J connectivity index is 0.000000125. The van der Waals surface area contributed by atoms with Gasteiger partial charge in [0.1, 0.15) is 11.3 Å². The van der Waals surface area contributed by atoms with E-state index in [1.54, 1.807) is 18.5 Å². The van der Waals surface area contributed by atoms with Crippen LogP contribution >= 0.6 is 0 Å². The zero-order valence-corrected chi connectivity index (χ0v) is 8.87. The molecule has 2 heterocycles. The molecule has 3 aromatic rings. The van der Waals surface area contributed by atoms with Crippen LogP contribution in [-0.2, 0) is 0 Å². The number of fused-ring (bicyclic) bond motifs is 1. The van der Waals surface area contributed by atoms with Crippen LogP contribution in [-0.4, -0.2) is 15.0 Å². The van der Waals surface area contributed by atoms with Crippen LogP contribution < -0.4 is 0 Å². The Bertz CT molecular complexity index is 518. The van der Waals surface area contributed by atoms with Crippen molar-refractivity contribution in [3.8, 4) is 0 Å². The third-order valence-electron chi connectivity index (χ3n) is 1.93. The van der Waals surface area contributed by atoms with Crippen LogP contribution in [0, 0.1) is 6.92 Å². The molecule has 0 unspecified atom stereocenters. The van der Waals surface area contributed by atoms with Crippen molar-refractivity contribution in [1.29, 1.82) is 0 Å². The quantitative estimate of drug-likeness (QED) is 0.576. The fourth-order valence-corrected chi connectivity index (χ4v) is 1.18. The van der Waals surface area contributed by atoms with E-state index in [9.17, 15) is 0 Å². The second kappa shape index (κ2) is 5.02. The predicted octanol–water partition coefficient (Wildman–Crippen LogP) is 2.61. The molecule has 1 aromatic carbocycles. The molecule has 4 nitrogen and oxygen atoms in total. The van der Waals surface area contributed by atoms with Crippen LogP contribution in [0.4, 0.5) is 0 Å². The van der Waals surface area contributed by atoms with Crippen LogP contribution in [0.2, 0.25) is 0 Å². The van der Waals surface area contributed by atoms with E-state index >= 15 is 0 Å². The number of oxazole rings is 1. The molecular formula is C12H11N3O. The monoisotopic (exact) mass is 213 g/mol. The highest BCUT2D eigenvalue weighted by molar-refractivity contribution is 5.71. The van der Waals surface area contributed by atoms with Gasteiger partial charge in [-0.3, -0.25) is 0 Å². The maximum atomic E-state index is 5.01. The lowest BCUT2D eigenvalue weighted by Gasteiger charge is -1.81. The smallest absolute Gasteiger partial charge is 0.181 e. The van der Waals surface area contributed by atoms with Gasteiger partial charge in [-0.2, -0.15) is 0 Å². The molecule has 0 N–H and O–H groups in total. The van der Waals surface area contributed by atoms with Gasteiger partial charge in [-0.1, -0.05) is 12.1 Å². The number of aromatic nitrogens is 3. The summed E-state index contributed by atoms with van der Waals surface area (Å²) < 4.78 is 5.01. The zero-order chi connectivity index (χ0) is 11.2. The molecule has 0 atom stereocenters. The molecule has 0 amide bonds. The molecular weight excluding hydrogens is 202 g/mol. The fourth-order valence-electron chi connectivity index (χ4n) is 1.18. The van der Waals surface area contributed by atoms with E-state index in [-0.39, 0.29) is 0 Å². The van der Waals surface area contributed by atoms with Crippen molar-refractivity contribution in [2.45, 2.75) is 6.92 Å². The summed E-state index contributed by atoms with van der Waals surface area (Å²) >= 11 is 0. The molecule has 0 bridgehead atoms. The summed E-state index contributed by atoms with van der Waals surface area (Å²) in [7, 11) is 0. The summed E-state index contributed by atoms with van der Waals surface area (Å²) in [6.45, 7) is 1.86. The summed E-state index contributed by atoms with van der Waals surface area (Å²) in [6.07, 6.45) is 4.90. The number of aryl methyl sites for hydroxylation is 1. The highest BCUT2D eigenvalue weighted by Crippen LogP contribution is 2.09. The molecule has 0 spiro atoms. The van der Waals surface area contributed by atoms with E-state index in [1.807, 2.05) is 31.2 Å². The Morgan fingerprint density at radius 3 is 2.31 bits per heavy atom. The molecule has 2 aromatic heterocycles. The second-order valence-electron chi connectivity index (χ2n) is 3.12. The van der Waals surface area contributed by atoms with Crippen molar-refractivity contribution in [2.75, 3.05) is 0 Å². The van der Waals surface area contributed by atoms with Crippen LogP contribution in [0.5, 0.6) is 0 Å². The zero-order valence-electron chi connectivity index (χ0n) is 8.87. The fraction of sp³-hybridized carbons (Fsp3) is 0.0833. The van der Waals surface area contributed by atoms with Gasteiger partial charge in [-0.15, -0.1) is 0 Å². The van der Waals surface area contributed by atoms with Gasteiger partial charge in [0.25, 0.3) is 0 Å². The molecule has 4 heteroatoms. The molecule has 0 saturated carbocycles. The number of hydrogen-bond acceptors (Lipinski definition) is 4. The van der Waals surface area contributed by atoms with Crippen molar-refractivity contribution < 1.29 is 4.42 Å². The number of hydrogen-bond donors (Lipinski definition) is 0. The summed E-state index contributed by atoms with van der Waals surface area (Å²) in [6, 6.07) is 9.46. The number of para-hydroxylation sites is 2. The standard InChI is InChI=1S/C7H5NO.C5H6N2/c1-2-4-7-6(3-1)8-5-9-7;1-5-6-3-2-4-7-5/h1-5H;2-4H,1H3. The minimum atomic E-state index is 0.822. The third-order valence-corrected chi connectivity index (χ3v) is 1.93. The van der Waals surface area contributed by atoms with Crippen molar-refractivity contribution in [3.63, 3.8) is 0 Å². The van der Waals surface area contributed by atoms with Gasteiger partial charge < -0.3 is 4.42 Å². The topological polar surface area (TPSA) is 51.8 Å². The van der Waals surface area contributed by atoms with Crippen LogP contribution in [0.1, 0.15) is 5.82 Å². The van der Waals surface area contributed by atoms with Crippen molar-refractivity contribution in [2.24, 2.45) is 0 Å². The lowest BCUT2D eigenvalue weighted by molar-refractivity contribution is 0.602. The molecule has 0 saturated heterocycles. The van der Waals surface area contributed by atoms with Crippen LogP contribution in [0.15, 0.2) is 53.5 Å². The lowest BCUT2D eigenvalue weighted by Crippen LogP contribution is -1.80. The molecule has 0 aliphatic carbocycles. The Hall–Kier alpha value is -2.23. The Morgan fingerprint density at radius 2 is 1.69 bits per heavy atom. The second-order valence-corrected chi connectivity index (χ2v) is 3.12. The molecule has 0 aliphatic heterocycles. The first-order valence-corrected chi connectivity index (χ1v) is 4.88. The van der Waals surface area contributed by atoms with Crippen molar-refractivity contribution in [3.05, 3.63) is 54.9 Å². The van der Waals surface area contributed by atoms with Crippen LogP contribution in [0.3, 0.4) is 0 Å². The average molecular weight is 213 g/mol. The summed E-state index contributed by atoms with van der Waals surface area (Å²) in [5.74, 6) is 0.822. The number of rotatable bonds is 0. The number of benzene rings is 1. The van der Waals surface area contributed by atoms with Gasteiger partial charge in [0.05, 0.1) is 0 Å². The van der Waals surface area contributed by atoms with Gasteiger partial charge >= 0.3 is 0 Å². The first-order valence-electron chi connectivity index (χ1n) is 4.88. The van der Waals surface area contributed by atoms with E-state index in [4.69, 9.17) is 4.42 Å². The minimum Gasteiger partial charge on any atom is -0.443 e. The largest absolute Gasteiger partial charge is 0.443 e. The van der Waals surface area contributed by atoms with E-state index < -0.39 is 0 Å². The molecule has 16 heavy (non-hydrogen) atoms. The maximum absolute atomic E-state index is 5.01. The van der Waals surface area contributed by atoms with Gasteiger partial charge in [0, 0.05) is 12.4 Å². The minimum absolute atomic E-state index is 0.822. The van der Waals surface area contributed by atoms with Crippen molar-refractivity contribution >= 4 is 11.1 Å². The van der Waals surface area contributed by atoms with Gasteiger partial charge in [-0.25, -0.2) is 15.0 Å². The third kappa shape index (κ3) is 2.63.